The van der Waals surface area contributed by atoms with Crippen LogP contribution in [0, 0.1) is 11.6 Å². The number of pyridine rings is 1. The van der Waals surface area contributed by atoms with Crippen molar-refractivity contribution in [1.82, 2.24) is 9.71 Å². The molecule has 0 atom stereocenters. The summed E-state index contributed by atoms with van der Waals surface area (Å²) < 4.78 is 57.4. The Labute approximate surface area is 127 Å². The maximum atomic E-state index is 13.5. The van der Waals surface area contributed by atoms with Crippen molar-refractivity contribution >= 4 is 10.0 Å². The average molecular weight is 328 g/mol. The summed E-state index contributed by atoms with van der Waals surface area (Å²) >= 11 is 0. The smallest absolute Gasteiger partial charge is 0.216 e. The highest BCUT2D eigenvalue weighted by atomic mass is 32.2. The standard InChI is InChI=1S/C14H14F2N2O3S/c1-21-14-4-2-3-12(18-14)8-17-22(19,20)9-10-5-6-11(15)7-13(10)16/h2-7,17H,8-9H2,1H3. The predicted octanol–water partition coefficient (Wildman–Crippen LogP) is 1.99. The van der Waals surface area contributed by atoms with E-state index in [1.165, 1.54) is 7.11 Å². The molecule has 0 radical (unpaired) electrons. The highest BCUT2D eigenvalue weighted by Crippen LogP contribution is 2.13. The van der Waals surface area contributed by atoms with Crippen molar-refractivity contribution in [3.63, 3.8) is 0 Å². The Morgan fingerprint density at radius 3 is 2.68 bits per heavy atom. The zero-order chi connectivity index (χ0) is 16.2. The molecule has 2 rings (SSSR count). The van der Waals surface area contributed by atoms with Gasteiger partial charge in [0.1, 0.15) is 11.6 Å². The zero-order valence-electron chi connectivity index (χ0n) is 11.7. The van der Waals surface area contributed by atoms with Crippen molar-refractivity contribution in [1.29, 1.82) is 0 Å². The van der Waals surface area contributed by atoms with E-state index < -0.39 is 27.4 Å². The normalized spacial score (nSPS) is 11.4. The van der Waals surface area contributed by atoms with Crippen LogP contribution in [-0.4, -0.2) is 20.5 Å². The maximum absolute atomic E-state index is 13.5. The third-order valence-corrected chi connectivity index (χ3v) is 4.10. The number of hydrogen-bond acceptors (Lipinski definition) is 4. The first-order valence-corrected chi connectivity index (χ1v) is 7.96. The fourth-order valence-electron chi connectivity index (χ4n) is 1.75. The monoisotopic (exact) mass is 328 g/mol. The van der Waals surface area contributed by atoms with Crippen LogP contribution in [0.4, 0.5) is 8.78 Å². The van der Waals surface area contributed by atoms with Gasteiger partial charge in [-0.05, 0) is 12.1 Å². The molecule has 0 aliphatic rings. The van der Waals surface area contributed by atoms with E-state index in [0.717, 1.165) is 12.1 Å². The molecule has 5 nitrogen and oxygen atoms in total. The number of nitrogens with one attached hydrogen (secondary N) is 1. The van der Waals surface area contributed by atoms with Gasteiger partial charge in [-0.15, -0.1) is 0 Å². The minimum Gasteiger partial charge on any atom is -0.481 e. The molecule has 0 fully saturated rings. The molecule has 0 bridgehead atoms. The molecule has 2 aromatic rings. The predicted molar refractivity (Wildman–Crippen MR) is 76.6 cm³/mol. The Morgan fingerprint density at radius 1 is 1.23 bits per heavy atom. The van der Waals surface area contributed by atoms with Crippen molar-refractivity contribution < 1.29 is 21.9 Å². The lowest BCUT2D eigenvalue weighted by atomic mass is 10.2. The van der Waals surface area contributed by atoms with Gasteiger partial charge in [-0.25, -0.2) is 26.9 Å². The third-order valence-electron chi connectivity index (χ3n) is 2.82. The molecule has 1 N–H and O–H groups in total. The Hall–Kier alpha value is -2.06. The lowest BCUT2D eigenvalue weighted by Gasteiger charge is -2.08. The van der Waals surface area contributed by atoms with E-state index >= 15 is 0 Å². The van der Waals surface area contributed by atoms with Gasteiger partial charge in [0, 0.05) is 17.7 Å². The molecule has 0 saturated carbocycles. The highest BCUT2D eigenvalue weighted by Gasteiger charge is 2.15. The number of rotatable bonds is 6. The lowest BCUT2D eigenvalue weighted by molar-refractivity contribution is 0.396. The minimum atomic E-state index is -3.78. The molecule has 0 saturated heterocycles. The number of ether oxygens (including phenoxy) is 1. The summed E-state index contributed by atoms with van der Waals surface area (Å²) in [5.41, 5.74) is 0.356. The second-order valence-electron chi connectivity index (χ2n) is 4.49. The van der Waals surface area contributed by atoms with Crippen molar-refractivity contribution in [2.24, 2.45) is 0 Å². The Morgan fingerprint density at radius 2 is 2.00 bits per heavy atom. The summed E-state index contributed by atoms with van der Waals surface area (Å²) in [4.78, 5) is 4.06. The van der Waals surface area contributed by atoms with Crippen molar-refractivity contribution in [3.05, 3.63) is 59.3 Å². The van der Waals surface area contributed by atoms with E-state index in [9.17, 15) is 17.2 Å². The van der Waals surface area contributed by atoms with Gasteiger partial charge in [0.2, 0.25) is 15.9 Å². The number of halogens is 2. The van der Waals surface area contributed by atoms with Crippen molar-refractivity contribution in [2.75, 3.05) is 7.11 Å². The molecule has 22 heavy (non-hydrogen) atoms. The first-order valence-electron chi connectivity index (χ1n) is 6.31. The summed E-state index contributed by atoms with van der Waals surface area (Å²) in [6.07, 6.45) is 0. The minimum absolute atomic E-state index is 0.0532. The van der Waals surface area contributed by atoms with Crippen LogP contribution in [0.25, 0.3) is 0 Å². The molecule has 0 aliphatic carbocycles. The first-order chi connectivity index (χ1) is 10.4. The number of aromatic nitrogens is 1. The van der Waals surface area contributed by atoms with E-state index in [-0.39, 0.29) is 12.1 Å². The molecule has 0 unspecified atom stereocenters. The lowest BCUT2D eigenvalue weighted by Crippen LogP contribution is -2.25. The quantitative estimate of drug-likeness (QED) is 0.880. The number of sulfonamides is 1. The van der Waals surface area contributed by atoms with Gasteiger partial charge in [0.15, 0.2) is 0 Å². The Kier molecular flexibility index (Phi) is 5.04. The van der Waals surface area contributed by atoms with Crippen LogP contribution in [0.5, 0.6) is 5.88 Å². The topological polar surface area (TPSA) is 68.3 Å². The Bertz CT molecular complexity index is 766. The second kappa shape index (κ2) is 6.80. The molecule has 0 spiro atoms. The molecule has 1 aromatic carbocycles. The molecule has 1 heterocycles. The fraction of sp³-hybridized carbons (Fsp3) is 0.214. The van der Waals surface area contributed by atoms with E-state index in [2.05, 4.69) is 9.71 Å². The van der Waals surface area contributed by atoms with Gasteiger partial charge in [-0.3, -0.25) is 0 Å². The second-order valence-corrected chi connectivity index (χ2v) is 6.29. The van der Waals surface area contributed by atoms with Gasteiger partial charge in [0.05, 0.1) is 25.1 Å². The first kappa shape index (κ1) is 16.3. The summed E-state index contributed by atoms with van der Waals surface area (Å²) in [6, 6.07) is 7.70. The summed E-state index contributed by atoms with van der Waals surface area (Å²) in [7, 11) is -2.33. The van der Waals surface area contributed by atoms with Crippen LogP contribution in [0.15, 0.2) is 36.4 Å². The van der Waals surface area contributed by atoms with E-state index in [0.29, 0.717) is 17.6 Å². The van der Waals surface area contributed by atoms with E-state index in [1.54, 1.807) is 18.2 Å². The number of hydrogen-bond donors (Lipinski definition) is 1. The van der Waals surface area contributed by atoms with Gasteiger partial charge in [0.25, 0.3) is 0 Å². The number of benzene rings is 1. The number of nitrogens with zero attached hydrogens (tertiary/aromatic N) is 1. The molecule has 118 valence electrons. The van der Waals surface area contributed by atoms with Gasteiger partial charge >= 0.3 is 0 Å². The largest absolute Gasteiger partial charge is 0.481 e. The van der Waals surface area contributed by atoms with Crippen LogP contribution >= 0.6 is 0 Å². The molecule has 1 aromatic heterocycles. The van der Waals surface area contributed by atoms with Crippen LogP contribution in [0.3, 0.4) is 0 Å². The SMILES string of the molecule is COc1cccc(CNS(=O)(=O)Cc2ccc(F)cc2F)n1. The average Bonchev–Trinajstić information content (AvgIpc) is 2.48. The zero-order valence-corrected chi connectivity index (χ0v) is 12.5. The van der Waals surface area contributed by atoms with Crippen LogP contribution < -0.4 is 9.46 Å². The van der Waals surface area contributed by atoms with Gasteiger partial charge in [-0.2, -0.15) is 0 Å². The molecular weight excluding hydrogens is 314 g/mol. The third kappa shape index (κ3) is 4.47. The van der Waals surface area contributed by atoms with Crippen LogP contribution in [0.1, 0.15) is 11.3 Å². The van der Waals surface area contributed by atoms with Gasteiger partial charge < -0.3 is 4.74 Å². The van der Waals surface area contributed by atoms with Crippen LogP contribution in [0.2, 0.25) is 0 Å². The number of methoxy groups -OCH3 is 1. The summed E-state index contributed by atoms with van der Waals surface area (Å²) in [5, 5.41) is 0. The molecule has 0 aliphatic heterocycles. The summed E-state index contributed by atoms with van der Waals surface area (Å²) in [5.74, 6) is -1.87. The highest BCUT2D eigenvalue weighted by molar-refractivity contribution is 7.88. The van der Waals surface area contributed by atoms with Crippen molar-refractivity contribution in [2.45, 2.75) is 12.3 Å². The fourth-order valence-corrected chi connectivity index (χ4v) is 2.86. The van der Waals surface area contributed by atoms with Crippen LogP contribution in [-0.2, 0) is 22.3 Å². The molecule has 0 amide bonds. The van der Waals surface area contributed by atoms with E-state index in [1.807, 2.05) is 0 Å². The van der Waals surface area contributed by atoms with E-state index in [4.69, 9.17) is 4.74 Å². The maximum Gasteiger partial charge on any atom is 0.216 e. The molecular formula is C14H14F2N2O3S. The Balaban J connectivity index is 2.04. The van der Waals surface area contributed by atoms with Crippen molar-refractivity contribution in [3.8, 4) is 5.88 Å². The summed E-state index contributed by atoms with van der Waals surface area (Å²) in [6.45, 7) is -0.0532. The van der Waals surface area contributed by atoms with Gasteiger partial charge in [-0.1, -0.05) is 12.1 Å². The molecule has 8 heteroatoms.